The van der Waals surface area contributed by atoms with Crippen LogP contribution in [0, 0.1) is 0 Å². The lowest BCUT2D eigenvalue weighted by Crippen LogP contribution is -2.41. The molecule has 5 nitrogen and oxygen atoms in total. The molecular formula is C12H16F3N3O2. The molecule has 20 heavy (non-hydrogen) atoms. The first-order chi connectivity index (χ1) is 9.39. The minimum Gasteiger partial charge on any atom is -0.395 e. The zero-order chi connectivity index (χ0) is 15.2. The van der Waals surface area contributed by atoms with Crippen molar-refractivity contribution in [2.45, 2.75) is 13.1 Å². The maximum atomic E-state index is 12.4. The zero-order valence-electron chi connectivity index (χ0n) is 10.9. The molecule has 0 fully saturated rings. The molecule has 0 unspecified atom stereocenters. The highest BCUT2D eigenvalue weighted by Crippen LogP contribution is 2.20. The quantitative estimate of drug-likeness (QED) is 0.834. The van der Waals surface area contributed by atoms with E-state index in [0.717, 1.165) is 0 Å². The van der Waals surface area contributed by atoms with E-state index in [4.69, 9.17) is 5.11 Å². The van der Waals surface area contributed by atoms with E-state index < -0.39 is 31.8 Å². The summed E-state index contributed by atoms with van der Waals surface area (Å²) in [6.07, 6.45) is -1.87. The number of halogens is 3. The van der Waals surface area contributed by atoms with Gasteiger partial charge in [-0.3, -0.25) is 9.78 Å². The highest BCUT2D eigenvalue weighted by Gasteiger charge is 2.33. The van der Waals surface area contributed by atoms with Crippen LogP contribution in [0.2, 0.25) is 0 Å². The Morgan fingerprint density at radius 1 is 1.50 bits per heavy atom. The third kappa shape index (κ3) is 4.69. The van der Waals surface area contributed by atoms with Crippen LogP contribution in [-0.4, -0.2) is 53.3 Å². The van der Waals surface area contributed by atoms with Crippen LogP contribution in [0.25, 0.3) is 0 Å². The second-order valence-electron chi connectivity index (χ2n) is 4.02. The van der Waals surface area contributed by atoms with E-state index in [-0.39, 0.29) is 5.56 Å². The van der Waals surface area contributed by atoms with Crippen LogP contribution in [-0.2, 0) is 0 Å². The van der Waals surface area contributed by atoms with Crippen molar-refractivity contribution in [2.24, 2.45) is 0 Å². The smallest absolute Gasteiger partial charge is 0.395 e. The molecule has 1 aromatic rings. The van der Waals surface area contributed by atoms with Crippen molar-refractivity contribution in [3.63, 3.8) is 0 Å². The van der Waals surface area contributed by atoms with Crippen LogP contribution in [0.1, 0.15) is 17.3 Å². The number of hydrogen-bond donors (Lipinski definition) is 2. The standard InChI is InChI=1S/C12H16F3N3O2/c1-2-17-10-3-4-16-7-9(10)11(20)18(5-6-19)8-12(13,14)15/h3-4,7,19H,2,5-6,8H2,1H3,(H,16,17). The van der Waals surface area contributed by atoms with Gasteiger partial charge in [0.1, 0.15) is 6.54 Å². The van der Waals surface area contributed by atoms with Gasteiger partial charge in [-0.15, -0.1) is 0 Å². The largest absolute Gasteiger partial charge is 0.406 e. The number of alkyl halides is 3. The topological polar surface area (TPSA) is 65.5 Å². The molecule has 0 spiro atoms. The summed E-state index contributed by atoms with van der Waals surface area (Å²) in [5.74, 6) is -0.819. The Bertz CT molecular complexity index is 452. The first-order valence-corrected chi connectivity index (χ1v) is 6.03. The first-order valence-electron chi connectivity index (χ1n) is 6.03. The van der Waals surface area contributed by atoms with Crippen LogP contribution in [0.5, 0.6) is 0 Å². The molecule has 2 N–H and O–H groups in total. The van der Waals surface area contributed by atoms with Crippen LogP contribution < -0.4 is 5.32 Å². The Morgan fingerprint density at radius 2 is 2.20 bits per heavy atom. The highest BCUT2D eigenvalue weighted by molar-refractivity contribution is 5.99. The second kappa shape index (κ2) is 7.09. The average Bonchev–Trinajstić information content (AvgIpc) is 2.37. The predicted octanol–water partition coefficient (Wildman–Crippen LogP) is 1.51. The number of hydrogen-bond acceptors (Lipinski definition) is 4. The lowest BCUT2D eigenvalue weighted by molar-refractivity contribution is -0.141. The number of anilines is 1. The van der Waals surface area contributed by atoms with Crippen molar-refractivity contribution in [3.8, 4) is 0 Å². The summed E-state index contributed by atoms with van der Waals surface area (Å²) in [6.45, 7) is -0.0241. The van der Waals surface area contributed by atoms with Gasteiger partial charge in [-0.25, -0.2) is 0 Å². The first kappa shape index (κ1) is 16.2. The summed E-state index contributed by atoms with van der Waals surface area (Å²) in [6, 6.07) is 1.52. The van der Waals surface area contributed by atoms with Gasteiger partial charge in [-0.1, -0.05) is 0 Å². The van der Waals surface area contributed by atoms with Gasteiger partial charge in [0.15, 0.2) is 0 Å². The molecule has 0 aliphatic heterocycles. The summed E-state index contributed by atoms with van der Waals surface area (Å²) in [4.78, 5) is 16.5. The van der Waals surface area contributed by atoms with Gasteiger partial charge in [0.05, 0.1) is 17.9 Å². The van der Waals surface area contributed by atoms with E-state index in [2.05, 4.69) is 10.3 Å². The van der Waals surface area contributed by atoms with E-state index in [1.54, 1.807) is 6.92 Å². The Kier molecular flexibility index (Phi) is 5.75. The maximum Gasteiger partial charge on any atom is 0.406 e. The summed E-state index contributed by atoms with van der Waals surface area (Å²) in [5, 5.41) is 11.7. The van der Waals surface area contributed by atoms with E-state index in [1.807, 2.05) is 0 Å². The van der Waals surface area contributed by atoms with Gasteiger partial charge < -0.3 is 15.3 Å². The van der Waals surface area contributed by atoms with E-state index in [1.165, 1.54) is 18.5 Å². The third-order valence-electron chi connectivity index (χ3n) is 2.45. The monoisotopic (exact) mass is 291 g/mol. The van der Waals surface area contributed by atoms with Gasteiger partial charge in [0.25, 0.3) is 5.91 Å². The van der Waals surface area contributed by atoms with Gasteiger partial charge >= 0.3 is 6.18 Å². The van der Waals surface area contributed by atoms with Gasteiger partial charge in [-0.2, -0.15) is 13.2 Å². The molecule has 1 amide bonds. The van der Waals surface area contributed by atoms with Crippen LogP contribution in [0.4, 0.5) is 18.9 Å². The zero-order valence-corrected chi connectivity index (χ0v) is 10.9. The summed E-state index contributed by atoms with van der Waals surface area (Å²) in [5.41, 5.74) is 0.463. The molecule has 0 saturated heterocycles. The molecule has 0 radical (unpaired) electrons. The van der Waals surface area contributed by atoms with Crippen molar-refractivity contribution in [3.05, 3.63) is 24.0 Å². The second-order valence-corrected chi connectivity index (χ2v) is 4.02. The van der Waals surface area contributed by atoms with Crippen molar-refractivity contribution >= 4 is 11.6 Å². The number of carbonyl (C=O) groups excluding carboxylic acids is 1. The SMILES string of the molecule is CCNc1ccncc1C(=O)N(CCO)CC(F)(F)F. The molecule has 1 aromatic heterocycles. The average molecular weight is 291 g/mol. The Morgan fingerprint density at radius 3 is 2.75 bits per heavy atom. The number of rotatable bonds is 6. The molecule has 0 aliphatic rings. The van der Waals surface area contributed by atoms with Gasteiger partial charge in [0, 0.05) is 25.5 Å². The molecule has 0 aromatic carbocycles. The van der Waals surface area contributed by atoms with E-state index >= 15 is 0 Å². The molecule has 1 heterocycles. The number of aliphatic hydroxyl groups excluding tert-OH is 1. The Labute approximate surface area is 114 Å². The van der Waals surface area contributed by atoms with Crippen molar-refractivity contribution in [1.82, 2.24) is 9.88 Å². The van der Waals surface area contributed by atoms with Crippen molar-refractivity contribution in [1.29, 1.82) is 0 Å². The molecule has 0 aliphatic carbocycles. The molecule has 0 saturated carbocycles. The Balaban J connectivity index is 3.00. The van der Waals surface area contributed by atoms with Crippen LogP contribution >= 0.6 is 0 Å². The Hall–Kier alpha value is -1.83. The molecule has 112 valence electrons. The number of aromatic nitrogens is 1. The minimum absolute atomic E-state index is 0.0482. The molecule has 8 heteroatoms. The fraction of sp³-hybridized carbons (Fsp3) is 0.500. The molecule has 1 rings (SSSR count). The minimum atomic E-state index is -4.52. The van der Waals surface area contributed by atoms with Crippen molar-refractivity contribution < 1.29 is 23.1 Å². The lowest BCUT2D eigenvalue weighted by Gasteiger charge is -2.24. The maximum absolute atomic E-state index is 12.4. The fourth-order valence-electron chi connectivity index (χ4n) is 1.67. The fourth-order valence-corrected chi connectivity index (χ4v) is 1.67. The lowest BCUT2D eigenvalue weighted by atomic mass is 10.2. The number of pyridine rings is 1. The molecule has 0 atom stereocenters. The molecule has 0 bridgehead atoms. The van der Waals surface area contributed by atoms with E-state index in [0.29, 0.717) is 17.1 Å². The normalized spacial score (nSPS) is 11.2. The van der Waals surface area contributed by atoms with E-state index in [9.17, 15) is 18.0 Å². The van der Waals surface area contributed by atoms with Gasteiger partial charge in [-0.05, 0) is 13.0 Å². The van der Waals surface area contributed by atoms with Gasteiger partial charge in [0.2, 0.25) is 0 Å². The molecular weight excluding hydrogens is 275 g/mol. The van der Waals surface area contributed by atoms with Crippen LogP contribution in [0.3, 0.4) is 0 Å². The highest BCUT2D eigenvalue weighted by atomic mass is 19.4. The number of carbonyl (C=O) groups is 1. The number of amides is 1. The third-order valence-corrected chi connectivity index (χ3v) is 2.45. The van der Waals surface area contributed by atoms with Crippen LogP contribution in [0.15, 0.2) is 18.5 Å². The van der Waals surface area contributed by atoms with Crippen molar-refractivity contribution in [2.75, 3.05) is 31.6 Å². The number of aliphatic hydroxyl groups is 1. The summed E-state index contributed by atoms with van der Waals surface area (Å²) >= 11 is 0. The number of nitrogens with zero attached hydrogens (tertiary/aromatic N) is 2. The summed E-state index contributed by atoms with van der Waals surface area (Å²) in [7, 11) is 0. The predicted molar refractivity (Wildman–Crippen MR) is 67.4 cm³/mol. The number of nitrogens with one attached hydrogen (secondary N) is 1. The summed E-state index contributed by atoms with van der Waals surface area (Å²) < 4.78 is 37.3.